The minimum atomic E-state index is 0.251. The average Bonchev–Trinajstić information content (AvgIpc) is 2.27. The Balaban J connectivity index is 1.80. The molecule has 16 heavy (non-hydrogen) atoms. The zero-order valence-electron chi connectivity index (χ0n) is 10.2. The van der Waals surface area contributed by atoms with Crippen LogP contribution in [0.15, 0.2) is 0 Å². The summed E-state index contributed by atoms with van der Waals surface area (Å²) in [6, 6.07) is 0.392. The van der Waals surface area contributed by atoms with Gasteiger partial charge < -0.3 is 14.6 Å². The molecule has 4 heteroatoms. The highest BCUT2D eigenvalue weighted by Gasteiger charge is 2.45. The lowest BCUT2D eigenvalue weighted by Gasteiger charge is -2.55. The first-order chi connectivity index (χ1) is 7.79. The molecule has 2 aliphatic rings. The summed E-state index contributed by atoms with van der Waals surface area (Å²) in [6.45, 7) is 5.13. The van der Waals surface area contributed by atoms with Crippen molar-refractivity contribution in [2.45, 2.75) is 25.3 Å². The molecule has 1 spiro atoms. The molecule has 0 saturated carbocycles. The predicted molar refractivity (Wildman–Crippen MR) is 61.4 cm³/mol. The van der Waals surface area contributed by atoms with Crippen LogP contribution in [0.3, 0.4) is 0 Å². The highest BCUT2D eigenvalue weighted by molar-refractivity contribution is 4.98. The van der Waals surface area contributed by atoms with E-state index in [4.69, 9.17) is 14.6 Å². The van der Waals surface area contributed by atoms with Gasteiger partial charge in [0.15, 0.2) is 0 Å². The van der Waals surface area contributed by atoms with Gasteiger partial charge in [0.1, 0.15) is 0 Å². The largest absolute Gasteiger partial charge is 0.396 e. The Morgan fingerprint density at radius 3 is 2.62 bits per heavy atom. The van der Waals surface area contributed by atoms with Crippen molar-refractivity contribution < 1.29 is 14.6 Å². The lowest BCUT2D eigenvalue weighted by Crippen LogP contribution is -2.62. The average molecular weight is 229 g/mol. The van der Waals surface area contributed by atoms with Crippen molar-refractivity contribution in [1.82, 2.24) is 4.90 Å². The molecule has 2 saturated heterocycles. The van der Waals surface area contributed by atoms with Gasteiger partial charge in [-0.15, -0.1) is 0 Å². The lowest BCUT2D eigenvalue weighted by atomic mass is 9.72. The van der Waals surface area contributed by atoms with Crippen molar-refractivity contribution >= 4 is 0 Å². The Morgan fingerprint density at radius 1 is 1.38 bits per heavy atom. The minimum Gasteiger partial charge on any atom is -0.396 e. The highest BCUT2D eigenvalue weighted by Crippen LogP contribution is 2.41. The molecule has 2 aliphatic heterocycles. The summed E-state index contributed by atoms with van der Waals surface area (Å²) in [4.78, 5) is 2.45. The Kier molecular flexibility index (Phi) is 4.19. The normalized spacial score (nSPS) is 26.6. The molecular weight excluding hydrogens is 206 g/mol. The fourth-order valence-corrected chi connectivity index (χ4v) is 2.91. The van der Waals surface area contributed by atoms with Gasteiger partial charge in [0, 0.05) is 51.5 Å². The van der Waals surface area contributed by atoms with Crippen LogP contribution in [0.2, 0.25) is 0 Å². The molecule has 2 rings (SSSR count). The van der Waals surface area contributed by atoms with Crippen LogP contribution in [0.1, 0.15) is 19.3 Å². The molecule has 0 bridgehead atoms. The van der Waals surface area contributed by atoms with E-state index < -0.39 is 0 Å². The first-order valence-corrected chi connectivity index (χ1v) is 6.21. The van der Waals surface area contributed by atoms with Crippen LogP contribution in [0.4, 0.5) is 0 Å². The molecule has 94 valence electrons. The number of rotatable bonds is 5. The van der Waals surface area contributed by atoms with E-state index in [9.17, 15) is 0 Å². The number of ether oxygens (including phenoxy) is 2. The monoisotopic (exact) mass is 229 g/mol. The molecule has 1 N–H and O–H groups in total. The molecule has 1 atom stereocenters. The summed E-state index contributed by atoms with van der Waals surface area (Å²) < 4.78 is 10.6. The van der Waals surface area contributed by atoms with E-state index in [2.05, 4.69) is 4.90 Å². The third kappa shape index (κ3) is 2.56. The van der Waals surface area contributed by atoms with Gasteiger partial charge in [-0.25, -0.2) is 0 Å². The maximum absolute atomic E-state index is 9.03. The van der Waals surface area contributed by atoms with E-state index in [1.807, 2.05) is 0 Å². The second-order valence-electron chi connectivity index (χ2n) is 5.14. The van der Waals surface area contributed by atoms with Gasteiger partial charge in [-0.05, 0) is 19.3 Å². The zero-order chi connectivity index (χ0) is 11.4. The maximum Gasteiger partial charge on any atom is 0.0618 e. The smallest absolute Gasteiger partial charge is 0.0618 e. The van der Waals surface area contributed by atoms with Crippen molar-refractivity contribution in [1.29, 1.82) is 0 Å². The van der Waals surface area contributed by atoms with Crippen molar-refractivity contribution in [2.75, 3.05) is 46.6 Å². The summed E-state index contributed by atoms with van der Waals surface area (Å²) in [7, 11) is 1.73. The van der Waals surface area contributed by atoms with Gasteiger partial charge in [-0.1, -0.05) is 0 Å². The number of hydrogen-bond acceptors (Lipinski definition) is 4. The summed E-state index contributed by atoms with van der Waals surface area (Å²) in [5.74, 6) is 0. The summed E-state index contributed by atoms with van der Waals surface area (Å²) >= 11 is 0. The van der Waals surface area contributed by atoms with Crippen LogP contribution in [-0.4, -0.2) is 62.7 Å². The Morgan fingerprint density at radius 2 is 2.06 bits per heavy atom. The van der Waals surface area contributed by atoms with E-state index in [0.717, 1.165) is 39.3 Å². The van der Waals surface area contributed by atoms with Crippen molar-refractivity contribution in [3.63, 3.8) is 0 Å². The van der Waals surface area contributed by atoms with Gasteiger partial charge in [0.2, 0.25) is 0 Å². The number of likely N-dealkylation sites (tertiary alicyclic amines) is 1. The third-order valence-corrected chi connectivity index (χ3v) is 3.97. The van der Waals surface area contributed by atoms with E-state index in [0.29, 0.717) is 11.5 Å². The molecule has 0 amide bonds. The van der Waals surface area contributed by atoms with Crippen LogP contribution in [0.25, 0.3) is 0 Å². The van der Waals surface area contributed by atoms with Crippen LogP contribution >= 0.6 is 0 Å². The zero-order valence-corrected chi connectivity index (χ0v) is 10.2. The topological polar surface area (TPSA) is 41.9 Å². The Hall–Kier alpha value is -0.160. The van der Waals surface area contributed by atoms with Crippen LogP contribution in [0.5, 0.6) is 0 Å². The molecule has 0 aliphatic carbocycles. The molecule has 0 aromatic heterocycles. The molecule has 0 radical (unpaired) electrons. The van der Waals surface area contributed by atoms with Crippen molar-refractivity contribution in [3.05, 3.63) is 0 Å². The molecule has 4 nitrogen and oxygen atoms in total. The summed E-state index contributed by atoms with van der Waals surface area (Å²) in [6.07, 6.45) is 3.21. The molecular formula is C12H23NO3. The van der Waals surface area contributed by atoms with E-state index in [1.165, 1.54) is 12.8 Å². The van der Waals surface area contributed by atoms with Gasteiger partial charge in [0.25, 0.3) is 0 Å². The number of hydrogen-bond donors (Lipinski definition) is 1. The highest BCUT2D eigenvalue weighted by atomic mass is 16.5. The minimum absolute atomic E-state index is 0.251. The standard InChI is InChI=1S/C12H23NO3/c1-15-8-11(2-5-14)13-9-12(10-13)3-6-16-7-4-12/h11,14H,2-10H2,1H3. The Bertz CT molecular complexity index is 202. The maximum atomic E-state index is 9.03. The van der Waals surface area contributed by atoms with Crippen LogP contribution in [0, 0.1) is 5.41 Å². The first kappa shape index (κ1) is 12.3. The quantitative estimate of drug-likeness (QED) is 0.745. The third-order valence-electron chi connectivity index (χ3n) is 3.97. The molecule has 2 heterocycles. The molecule has 0 aromatic carbocycles. The SMILES string of the molecule is COCC(CCO)N1CC2(CCOCC2)C1. The fourth-order valence-electron chi connectivity index (χ4n) is 2.91. The molecule has 0 aromatic rings. The summed E-state index contributed by atoms with van der Waals surface area (Å²) in [5.41, 5.74) is 0.514. The van der Waals surface area contributed by atoms with Crippen LogP contribution < -0.4 is 0 Å². The number of nitrogens with zero attached hydrogens (tertiary/aromatic N) is 1. The molecule has 2 fully saturated rings. The van der Waals surface area contributed by atoms with Crippen LogP contribution in [-0.2, 0) is 9.47 Å². The first-order valence-electron chi connectivity index (χ1n) is 6.21. The van der Waals surface area contributed by atoms with Crippen molar-refractivity contribution in [3.8, 4) is 0 Å². The van der Waals surface area contributed by atoms with Gasteiger partial charge in [0.05, 0.1) is 6.61 Å². The van der Waals surface area contributed by atoms with E-state index in [-0.39, 0.29) is 6.61 Å². The van der Waals surface area contributed by atoms with Gasteiger partial charge >= 0.3 is 0 Å². The second kappa shape index (κ2) is 5.45. The lowest BCUT2D eigenvalue weighted by molar-refractivity contribution is -0.109. The van der Waals surface area contributed by atoms with Gasteiger partial charge in [-0.2, -0.15) is 0 Å². The summed E-state index contributed by atoms with van der Waals surface area (Å²) in [5, 5.41) is 9.03. The number of aliphatic hydroxyl groups is 1. The molecule has 1 unspecified atom stereocenters. The van der Waals surface area contributed by atoms with E-state index >= 15 is 0 Å². The van der Waals surface area contributed by atoms with E-state index in [1.54, 1.807) is 7.11 Å². The number of aliphatic hydroxyl groups excluding tert-OH is 1. The predicted octanol–water partition coefficient (Wildman–Crippen LogP) is 0.496. The fraction of sp³-hybridized carbons (Fsp3) is 1.00. The number of methoxy groups -OCH3 is 1. The Labute approximate surface area is 97.5 Å². The van der Waals surface area contributed by atoms with Gasteiger partial charge in [-0.3, -0.25) is 4.90 Å². The second-order valence-corrected chi connectivity index (χ2v) is 5.14. The van der Waals surface area contributed by atoms with Crippen molar-refractivity contribution in [2.24, 2.45) is 5.41 Å².